The van der Waals surface area contributed by atoms with Crippen molar-refractivity contribution in [2.24, 2.45) is 0 Å². The van der Waals surface area contributed by atoms with Crippen LogP contribution < -0.4 is 4.72 Å². The van der Waals surface area contributed by atoms with Crippen molar-refractivity contribution in [3.05, 3.63) is 10.6 Å². The van der Waals surface area contributed by atoms with E-state index < -0.39 is 21.9 Å². The van der Waals surface area contributed by atoms with Crippen molar-refractivity contribution in [1.29, 1.82) is 0 Å². The third-order valence-electron chi connectivity index (χ3n) is 3.45. The average Bonchev–Trinajstić information content (AvgIpc) is 3.10. The Kier molecular flexibility index (Phi) is 3.01. The van der Waals surface area contributed by atoms with E-state index in [1.54, 1.807) is 0 Å². The number of carboxylic acids is 1. The van der Waals surface area contributed by atoms with E-state index in [9.17, 15) is 13.2 Å². The van der Waals surface area contributed by atoms with Crippen LogP contribution in [0.5, 0.6) is 0 Å². The van der Waals surface area contributed by atoms with Crippen LogP contribution in [0, 0.1) is 0 Å². The fraction of sp³-hybridized carbons (Fsp3) is 0.636. The zero-order valence-electron chi connectivity index (χ0n) is 10.1. The van der Waals surface area contributed by atoms with Gasteiger partial charge in [0.15, 0.2) is 5.13 Å². The lowest BCUT2D eigenvalue weighted by Crippen LogP contribution is -2.18. The van der Waals surface area contributed by atoms with E-state index in [2.05, 4.69) is 9.71 Å². The highest BCUT2D eigenvalue weighted by atomic mass is 32.2. The molecular weight excluding hydrogens is 288 g/mol. The predicted molar refractivity (Wildman–Crippen MR) is 71.0 cm³/mol. The minimum atomic E-state index is -3.33. The molecule has 0 spiro atoms. The highest BCUT2D eigenvalue weighted by Crippen LogP contribution is 2.38. The van der Waals surface area contributed by atoms with E-state index >= 15 is 0 Å². The van der Waals surface area contributed by atoms with Gasteiger partial charge in [0.1, 0.15) is 5.92 Å². The predicted octanol–water partition coefficient (Wildman–Crippen LogP) is 1.55. The standard InChI is InChI=1S/C11H14N2O4S2/c14-10(15)7-2-1-3-8-9(7)12-11(18-8)13-19(16,17)6-4-5-6/h6-7H,1-5H2,(H,12,13)(H,14,15). The first-order valence-electron chi connectivity index (χ1n) is 6.21. The third-order valence-corrected chi connectivity index (χ3v) is 6.45. The number of aromatic nitrogens is 1. The van der Waals surface area contributed by atoms with Crippen LogP contribution >= 0.6 is 11.3 Å². The fourth-order valence-electron chi connectivity index (χ4n) is 2.29. The second-order valence-corrected chi connectivity index (χ2v) is 8.00. The Labute approximate surface area is 114 Å². The van der Waals surface area contributed by atoms with Crippen molar-refractivity contribution in [2.75, 3.05) is 4.72 Å². The van der Waals surface area contributed by atoms with Crippen LogP contribution in [0.4, 0.5) is 5.13 Å². The summed E-state index contributed by atoms with van der Waals surface area (Å²) >= 11 is 1.26. The number of hydrogen-bond acceptors (Lipinski definition) is 5. The van der Waals surface area contributed by atoms with Gasteiger partial charge in [0.05, 0.1) is 10.9 Å². The largest absolute Gasteiger partial charge is 0.481 e. The van der Waals surface area contributed by atoms with Gasteiger partial charge in [0.2, 0.25) is 10.0 Å². The van der Waals surface area contributed by atoms with Gasteiger partial charge in [-0.3, -0.25) is 9.52 Å². The van der Waals surface area contributed by atoms with Crippen LogP contribution in [0.25, 0.3) is 0 Å². The summed E-state index contributed by atoms with van der Waals surface area (Å²) in [7, 11) is -3.33. The SMILES string of the molecule is O=C(O)C1CCCc2sc(NS(=O)(=O)C3CC3)nc21. The molecule has 2 aliphatic rings. The molecule has 1 unspecified atom stereocenters. The Morgan fingerprint density at radius 1 is 1.37 bits per heavy atom. The van der Waals surface area contributed by atoms with Crippen LogP contribution in [0.15, 0.2) is 0 Å². The molecule has 6 nitrogen and oxygen atoms in total. The summed E-state index contributed by atoms with van der Waals surface area (Å²) < 4.78 is 26.1. The number of carbonyl (C=O) groups is 1. The molecule has 0 aliphatic heterocycles. The van der Waals surface area contributed by atoms with Crippen molar-refractivity contribution in [1.82, 2.24) is 4.98 Å². The van der Waals surface area contributed by atoms with Gasteiger partial charge < -0.3 is 5.11 Å². The number of carboxylic acid groups (broad SMARTS) is 1. The molecule has 19 heavy (non-hydrogen) atoms. The summed E-state index contributed by atoms with van der Waals surface area (Å²) in [5.74, 6) is -1.48. The second-order valence-electron chi connectivity index (χ2n) is 4.96. The van der Waals surface area contributed by atoms with Crippen LogP contribution in [0.1, 0.15) is 42.2 Å². The minimum Gasteiger partial charge on any atom is -0.481 e. The van der Waals surface area contributed by atoms with Gasteiger partial charge in [-0.2, -0.15) is 0 Å². The quantitative estimate of drug-likeness (QED) is 0.879. The Morgan fingerprint density at radius 3 is 2.74 bits per heavy atom. The topological polar surface area (TPSA) is 96.4 Å². The van der Waals surface area contributed by atoms with E-state index in [1.165, 1.54) is 11.3 Å². The summed E-state index contributed by atoms with van der Waals surface area (Å²) in [5, 5.41) is 9.16. The molecule has 0 amide bonds. The Balaban J connectivity index is 1.87. The molecular formula is C11H14N2O4S2. The van der Waals surface area contributed by atoms with E-state index in [1.807, 2.05) is 0 Å². The van der Waals surface area contributed by atoms with Crippen LogP contribution in [0.3, 0.4) is 0 Å². The molecule has 0 aromatic carbocycles. The molecule has 1 aromatic heterocycles. The van der Waals surface area contributed by atoms with Gasteiger partial charge in [-0.15, -0.1) is 11.3 Å². The average molecular weight is 302 g/mol. The lowest BCUT2D eigenvalue weighted by Gasteiger charge is -2.16. The Hall–Kier alpha value is -1.15. The van der Waals surface area contributed by atoms with Crippen molar-refractivity contribution in [3.8, 4) is 0 Å². The Bertz CT molecular complexity index is 619. The molecule has 2 N–H and O–H groups in total. The highest BCUT2D eigenvalue weighted by Gasteiger charge is 2.37. The molecule has 1 heterocycles. The van der Waals surface area contributed by atoms with E-state index in [0.29, 0.717) is 30.1 Å². The molecule has 2 aliphatic carbocycles. The number of nitrogens with one attached hydrogen (secondary N) is 1. The summed E-state index contributed by atoms with van der Waals surface area (Å²) in [5.41, 5.74) is 0.539. The number of aliphatic carboxylic acids is 1. The van der Waals surface area contributed by atoms with Gasteiger partial charge in [-0.1, -0.05) is 0 Å². The number of aryl methyl sites for hydroxylation is 1. The number of sulfonamides is 1. The second kappa shape index (κ2) is 4.45. The van der Waals surface area contributed by atoms with E-state index in [-0.39, 0.29) is 5.25 Å². The summed E-state index contributed by atoms with van der Waals surface area (Å²) in [6.45, 7) is 0. The molecule has 1 aromatic rings. The molecule has 8 heteroatoms. The first-order chi connectivity index (χ1) is 8.97. The van der Waals surface area contributed by atoms with Crippen LogP contribution in [0.2, 0.25) is 0 Å². The van der Waals surface area contributed by atoms with Crippen molar-refractivity contribution in [3.63, 3.8) is 0 Å². The fourth-order valence-corrected chi connectivity index (χ4v) is 4.93. The highest BCUT2D eigenvalue weighted by molar-refractivity contribution is 7.93. The van der Waals surface area contributed by atoms with Crippen LogP contribution in [-0.2, 0) is 21.2 Å². The molecule has 104 valence electrons. The number of rotatable bonds is 4. The number of hydrogen-bond donors (Lipinski definition) is 2. The molecule has 1 atom stereocenters. The molecule has 3 rings (SSSR count). The number of fused-ring (bicyclic) bond motifs is 1. The van der Waals surface area contributed by atoms with Crippen molar-refractivity contribution < 1.29 is 18.3 Å². The zero-order chi connectivity index (χ0) is 13.6. The smallest absolute Gasteiger partial charge is 0.312 e. The lowest BCUT2D eigenvalue weighted by atomic mass is 9.91. The van der Waals surface area contributed by atoms with Gasteiger partial charge in [-0.05, 0) is 32.1 Å². The van der Waals surface area contributed by atoms with Crippen molar-refractivity contribution >= 4 is 32.5 Å². The number of thiazole rings is 1. The summed E-state index contributed by atoms with van der Waals surface area (Å²) in [6, 6.07) is 0. The first kappa shape index (κ1) is 12.9. The minimum absolute atomic E-state index is 0.302. The Morgan fingerprint density at radius 2 is 2.11 bits per heavy atom. The molecule has 0 saturated heterocycles. The lowest BCUT2D eigenvalue weighted by molar-refractivity contribution is -0.139. The van der Waals surface area contributed by atoms with Gasteiger partial charge in [-0.25, -0.2) is 13.4 Å². The summed E-state index contributed by atoms with van der Waals surface area (Å²) in [6.07, 6.45) is 3.54. The maximum atomic E-state index is 11.8. The van der Waals surface area contributed by atoms with E-state index in [0.717, 1.165) is 17.7 Å². The third kappa shape index (κ3) is 2.46. The number of nitrogens with zero attached hydrogens (tertiary/aromatic N) is 1. The number of anilines is 1. The van der Waals surface area contributed by atoms with E-state index in [4.69, 9.17) is 5.11 Å². The normalized spacial score (nSPS) is 22.8. The van der Waals surface area contributed by atoms with Crippen LogP contribution in [-0.4, -0.2) is 29.7 Å². The monoisotopic (exact) mass is 302 g/mol. The first-order valence-corrected chi connectivity index (χ1v) is 8.57. The summed E-state index contributed by atoms with van der Waals surface area (Å²) in [4.78, 5) is 16.2. The molecule has 1 saturated carbocycles. The van der Waals surface area contributed by atoms with Gasteiger partial charge in [0, 0.05) is 4.88 Å². The van der Waals surface area contributed by atoms with Gasteiger partial charge in [0.25, 0.3) is 0 Å². The van der Waals surface area contributed by atoms with Gasteiger partial charge >= 0.3 is 5.97 Å². The maximum absolute atomic E-state index is 11.8. The zero-order valence-corrected chi connectivity index (χ0v) is 11.8. The molecule has 1 fully saturated rings. The maximum Gasteiger partial charge on any atom is 0.312 e. The molecule has 0 radical (unpaired) electrons. The molecule has 0 bridgehead atoms. The van der Waals surface area contributed by atoms with Crippen molar-refractivity contribution in [2.45, 2.75) is 43.3 Å².